The van der Waals surface area contributed by atoms with E-state index in [1.165, 1.54) is 4.80 Å². The van der Waals surface area contributed by atoms with Crippen molar-refractivity contribution in [2.45, 2.75) is 26.3 Å². The quantitative estimate of drug-likeness (QED) is 0.809. The minimum absolute atomic E-state index is 0.0367. The van der Waals surface area contributed by atoms with E-state index in [0.717, 1.165) is 5.56 Å². The number of benzene rings is 1. The van der Waals surface area contributed by atoms with E-state index in [9.17, 15) is 9.59 Å². The number of nitrogens with zero attached hydrogens (tertiary/aromatic N) is 6. The monoisotopic (exact) mass is 376 g/mol. The molecule has 2 heterocycles. The molecule has 1 aromatic carbocycles. The van der Waals surface area contributed by atoms with Crippen LogP contribution in [0.15, 0.2) is 24.3 Å². The van der Waals surface area contributed by atoms with E-state index in [1.807, 2.05) is 19.1 Å². The molecule has 2 amide bonds. The molecular weight excluding hydrogens is 356 g/mol. The summed E-state index contributed by atoms with van der Waals surface area (Å²) in [6.07, 6.45) is 0.558. The molecule has 0 bridgehead atoms. The zero-order chi connectivity index (χ0) is 18.7. The van der Waals surface area contributed by atoms with Crippen LogP contribution in [-0.2, 0) is 9.59 Å². The Balaban J connectivity index is 1.72. The first kappa shape index (κ1) is 18.3. The number of carbonyl (C=O) groups excluding carboxylic acids is 2. The molecular formula is C17H21ClN6O2. The highest BCUT2D eigenvalue weighted by Crippen LogP contribution is 2.20. The van der Waals surface area contributed by atoms with Gasteiger partial charge in [-0.3, -0.25) is 9.59 Å². The Kier molecular flexibility index (Phi) is 5.51. The van der Waals surface area contributed by atoms with Gasteiger partial charge >= 0.3 is 0 Å². The minimum Gasteiger partial charge on any atom is -0.339 e. The number of rotatable bonds is 4. The summed E-state index contributed by atoms with van der Waals surface area (Å²) in [6, 6.07) is 6.64. The summed E-state index contributed by atoms with van der Waals surface area (Å²) in [7, 11) is 0. The summed E-state index contributed by atoms with van der Waals surface area (Å²) in [6.45, 7) is 5.61. The van der Waals surface area contributed by atoms with Gasteiger partial charge in [0.05, 0.1) is 0 Å². The number of tetrazole rings is 1. The van der Waals surface area contributed by atoms with Gasteiger partial charge in [0, 0.05) is 43.7 Å². The molecule has 26 heavy (non-hydrogen) atoms. The van der Waals surface area contributed by atoms with Gasteiger partial charge in [0.1, 0.15) is 0 Å². The fraction of sp³-hybridized carbons (Fsp3) is 0.471. The molecule has 0 radical (unpaired) electrons. The number of hydrogen-bond acceptors (Lipinski definition) is 5. The van der Waals surface area contributed by atoms with Crippen LogP contribution in [0.3, 0.4) is 0 Å². The summed E-state index contributed by atoms with van der Waals surface area (Å²) < 4.78 is 0. The van der Waals surface area contributed by atoms with Crippen LogP contribution >= 0.6 is 11.6 Å². The molecule has 9 heteroatoms. The van der Waals surface area contributed by atoms with Gasteiger partial charge in [-0.1, -0.05) is 18.5 Å². The molecule has 0 aliphatic carbocycles. The first-order valence-electron chi connectivity index (χ1n) is 8.59. The lowest BCUT2D eigenvalue weighted by molar-refractivity contribution is -0.141. The fourth-order valence-corrected chi connectivity index (χ4v) is 3.09. The average Bonchev–Trinajstić information content (AvgIpc) is 3.12. The summed E-state index contributed by atoms with van der Waals surface area (Å²) in [4.78, 5) is 29.2. The van der Waals surface area contributed by atoms with Crippen molar-refractivity contribution in [3.63, 3.8) is 0 Å². The van der Waals surface area contributed by atoms with Gasteiger partial charge in [-0.25, -0.2) is 0 Å². The predicted octanol–water partition coefficient (Wildman–Crippen LogP) is 1.64. The lowest BCUT2D eigenvalue weighted by atomic mass is 10.2. The van der Waals surface area contributed by atoms with Crippen molar-refractivity contribution in [2.75, 3.05) is 26.2 Å². The Morgan fingerprint density at radius 3 is 2.31 bits per heavy atom. The SMILES string of the molecule is CC[C@@H](C(=O)N1CCN(C(C)=O)CC1)n1nnc(-c2ccc(Cl)cc2)n1. The molecule has 1 saturated heterocycles. The Morgan fingerprint density at radius 1 is 1.12 bits per heavy atom. The van der Waals surface area contributed by atoms with Crippen molar-refractivity contribution in [1.82, 2.24) is 30.0 Å². The van der Waals surface area contributed by atoms with Crippen LogP contribution in [0.5, 0.6) is 0 Å². The number of carbonyl (C=O) groups is 2. The third-order valence-electron chi connectivity index (χ3n) is 4.52. The van der Waals surface area contributed by atoms with Crippen LogP contribution in [0.4, 0.5) is 0 Å². The maximum atomic E-state index is 12.9. The van der Waals surface area contributed by atoms with Gasteiger partial charge in [-0.2, -0.15) is 4.80 Å². The fourth-order valence-electron chi connectivity index (χ4n) is 2.96. The summed E-state index contributed by atoms with van der Waals surface area (Å²) in [5.41, 5.74) is 0.790. The van der Waals surface area contributed by atoms with Crippen LogP contribution in [0.2, 0.25) is 5.02 Å². The van der Waals surface area contributed by atoms with Gasteiger partial charge in [-0.05, 0) is 35.9 Å². The molecule has 138 valence electrons. The molecule has 1 atom stereocenters. The molecule has 0 saturated carbocycles. The summed E-state index contributed by atoms with van der Waals surface area (Å²) in [5.74, 6) is 0.444. The molecule has 3 rings (SSSR count). The van der Waals surface area contributed by atoms with Crippen LogP contribution in [0.25, 0.3) is 11.4 Å². The maximum absolute atomic E-state index is 12.9. The molecule has 0 N–H and O–H groups in total. The van der Waals surface area contributed by atoms with Gasteiger partial charge < -0.3 is 9.80 Å². The first-order valence-corrected chi connectivity index (χ1v) is 8.97. The van der Waals surface area contributed by atoms with Crippen molar-refractivity contribution >= 4 is 23.4 Å². The Hall–Kier alpha value is -2.48. The van der Waals surface area contributed by atoms with Gasteiger partial charge in [0.2, 0.25) is 17.6 Å². The van der Waals surface area contributed by atoms with E-state index in [2.05, 4.69) is 15.4 Å². The highest BCUT2D eigenvalue weighted by Gasteiger charge is 2.30. The topological polar surface area (TPSA) is 84.2 Å². The van der Waals surface area contributed by atoms with Crippen molar-refractivity contribution in [2.24, 2.45) is 0 Å². The van der Waals surface area contributed by atoms with Gasteiger partial charge in [0.25, 0.3) is 0 Å². The second-order valence-corrected chi connectivity index (χ2v) is 6.63. The Morgan fingerprint density at radius 2 is 1.73 bits per heavy atom. The van der Waals surface area contributed by atoms with Crippen molar-refractivity contribution in [1.29, 1.82) is 0 Å². The average molecular weight is 377 g/mol. The second kappa shape index (κ2) is 7.82. The van der Waals surface area contributed by atoms with Crippen LogP contribution in [-0.4, -0.2) is 68.0 Å². The van der Waals surface area contributed by atoms with Crippen molar-refractivity contribution < 1.29 is 9.59 Å². The molecule has 1 aliphatic heterocycles. The van der Waals surface area contributed by atoms with E-state index in [1.54, 1.807) is 28.9 Å². The number of aromatic nitrogens is 4. The van der Waals surface area contributed by atoms with Gasteiger partial charge in [-0.15, -0.1) is 10.2 Å². The first-order chi connectivity index (χ1) is 12.5. The molecule has 1 aromatic heterocycles. The predicted molar refractivity (Wildman–Crippen MR) is 96.4 cm³/mol. The third kappa shape index (κ3) is 3.85. The lowest BCUT2D eigenvalue weighted by Gasteiger charge is -2.35. The largest absolute Gasteiger partial charge is 0.339 e. The molecule has 2 aromatic rings. The molecule has 0 unspecified atom stereocenters. The smallest absolute Gasteiger partial charge is 0.249 e. The Labute approximate surface area is 156 Å². The zero-order valence-corrected chi connectivity index (χ0v) is 15.6. The molecule has 0 spiro atoms. The van der Waals surface area contributed by atoms with E-state index < -0.39 is 6.04 Å². The Bertz CT molecular complexity index is 783. The summed E-state index contributed by atoms with van der Waals surface area (Å²) in [5, 5.41) is 13.2. The normalized spacial score (nSPS) is 15.8. The van der Waals surface area contributed by atoms with Crippen LogP contribution < -0.4 is 0 Å². The van der Waals surface area contributed by atoms with Crippen molar-refractivity contribution in [3.05, 3.63) is 29.3 Å². The van der Waals surface area contributed by atoms with E-state index in [0.29, 0.717) is 43.4 Å². The standard InChI is InChI=1S/C17H21ClN6O2/c1-3-15(17(26)23-10-8-22(9-11-23)12(2)25)24-20-16(19-21-24)13-4-6-14(18)7-5-13/h4-7,15H,3,8-11H2,1-2H3/t15-/m0/s1. The molecule has 1 aliphatic rings. The number of hydrogen-bond donors (Lipinski definition) is 0. The van der Waals surface area contributed by atoms with E-state index in [-0.39, 0.29) is 11.8 Å². The number of amides is 2. The number of piperazine rings is 1. The van der Waals surface area contributed by atoms with Crippen molar-refractivity contribution in [3.8, 4) is 11.4 Å². The highest BCUT2D eigenvalue weighted by molar-refractivity contribution is 6.30. The van der Waals surface area contributed by atoms with Gasteiger partial charge in [0.15, 0.2) is 6.04 Å². The molecule has 1 fully saturated rings. The van der Waals surface area contributed by atoms with Crippen LogP contribution in [0, 0.1) is 0 Å². The van der Waals surface area contributed by atoms with E-state index in [4.69, 9.17) is 11.6 Å². The highest BCUT2D eigenvalue weighted by atomic mass is 35.5. The van der Waals surface area contributed by atoms with Crippen LogP contribution in [0.1, 0.15) is 26.3 Å². The lowest BCUT2D eigenvalue weighted by Crippen LogP contribution is -2.51. The molecule has 8 nitrogen and oxygen atoms in total. The minimum atomic E-state index is -0.507. The third-order valence-corrected chi connectivity index (χ3v) is 4.77. The number of halogens is 1. The summed E-state index contributed by atoms with van der Waals surface area (Å²) >= 11 is 5.90. The maximum Gasteiger partial charge on any atom is 0.249 e. The second-order valence-electron chi connectivity index (χ2n) is 6.20. The zero-order valence-electron chi connectivity index (χ0n) is 14.8. The van der Waals surface area contributed by atoms with E-state index >= 15 is 0 Å².